The highest BCUT2D eigenvalue weighted by atomic mass is 16.5. The average Bonchev–Trinajstić information content (AvgIpc) is 2.50. The van der Waals surface area contributed by atoms with Gasteiger partial charge in [0.05, 0.1) is 25.9 Å². The Kier molecular flexibility index (Phi) is 4.99. The molecule has 20 heavy (non-hydrogen) atoms. The molecule has 2 rings (SSSR count). The fraction of sp³-hybridized carbons (Fsp3) is 0.562. The molecule has 1 fully saturated rings. The van der Waals surface area contributed by atoms with E-state index >= 15 is 0 Å². The van der Waals surface area contributed by atoms with Crippen LogP contribution in [0.2, 0.25) is 0 Å². The van der Waals surface area contributed by atoms with Crippen LogP contribution >= 0.6 is 0 Å². The first-order valence-corrected chi connectivity index (χ1v) is 7.14. The zero-order chi connectivity index (χ0) is 14.4. The fourth-order valence-corrected chi connectivity index (χ4v) is 2.60. The van der Waals surface area contributed by atoms with E-state index in [1.807, 2.05) is 38.1 Å². The number of nitrogens with zero attached hydrogens (tertiary/aromatic N) is 2. The first-order chi connectivity index (χ1) is 9.69. The highest BCUT2D eigenvalue weighted by Crippen LogP contribution is 2.27. The molecule has 1 aliphatic rings. The Labute approximate surface area is 120 Å². The molecule has 1 atom stereocenters. The van der Waals surface area contributed by atoms with Crippen LogP contribution in [-0.2, 0) is 11.2 Å². The van der Waals surface area contributed by atoms with Crippen molar-refractivity contribution in [3.8, 4) is 11.8 Å². The lowest BCUT2D eigenvalue weighted by Gasteiger charge is -2.38. The van der Waals surface area contributed by atoms with Crippen LogP contribution in [0.1, 0.15) is 19.4 Å². The van der Waals surface area contributed by atoms with E-state index in [4.69, 9.17) is 9.47 Å². The summed E-state index contributed by atoms with van der Waals surface area (Å²) in [5.41, 5.74) is 0.571. The van der Waals surface area contributed by atoms with E-state index in [1.54, 1.807) is 0 Å². The standard InChI is InChI=1S/C16H22N2O2/c1-3-20-15-7-5-4-6-14(15)12-16(2,13-17)18-8-10-19-11-9-18/h4-7H,3,8-12H2,1-2H3. The van der Waals surface area contributed by atoms with Crippen molar-refractivity contribution in [1.29, 1.82) is 5.26 Å². The van der Waals surface area contributed by atoms with E-state index in [2.05, 4.69) is 11.0 Å². The van der Waals surface area contributed by atoms with Crippen LogP contribution < -0.4 is 4.74 Å². The topological polar surface area (TPSA) is 45.5 Å². The first kappa shape index (κ1) is 14.8. The van der Waals surface area contributed by atoms with Crippen LogP contribution in [0.5, 0.6) is 5.75 Å². The predicted molar refractivity (Wildman–Crippen MR) is 77.7 cm³/mol. The van der Waals surface area contributed by atoms with E-state index in [9.17, 15) is 5.26 Å². The second-order valence-electron chi connectivity index (χ2n) is 5.20. The highest BCUT2D eigenvalue weighted by molar-refractivity contribution is 5.36. The second kappa shape index (κ2) is 6.74. The zero-order valence-electron chi connectivity index (χ0n) is 12.3. The number of hydrogen-bond acceptors (Lipinski definition) is 4. The van der Waals surface area contributed by atoms with Crippen molar-refractivity contribution in [3.05, 3.63) is 29.8 Å². The van der Waals surface area contributed by atoms with Crippen molar-refractivity contribution in [2.75, 3.05) is 32.9 Å². The Morgan fingerprint density at radius 3 is 2.70 bits per heavy atom. The molecule has 0 N–H and O–H groups in total. The summed E-state index contributed by atoms with van der Waals surface area (Å²) in [6.45, 7) is 7.62. The molecule has 108 valence electrons. The molecule has 0 saturated carbocycles. The van der Waals surface area contributed by atoms with Gasteiger partial charge in [0.25, 0.3) is 0 Å². The first-order valence-electron chi connectivity index (χ1n) is 7.14. The van der Waals surface area contributed by atoms with Gasteiger partial charge in [-0.15, -0.1) is 0 Å². The van der Waals surface area contributed by atoms with Crippen LogP contribution in [-0.4, -0.2) is 43.3 Å². The normalized spacial score (nSPS) is 19.1. The minimum Gasteiger partial charge on any atom is -0.494 e. The van der Waals surface area contributed by atoms with Gasteiger partial charge in [0.1, 0.15) is 11.3 Å². The lowest BCUT2D eigenvalue weighted by molar-refractivity contribution is 0.00175. The zero-order valence-corrected chi connectivity index (χ0v) is 12.3. The van der Waals surface area contributed by atoms with Gasteiger partial charge in [0, 0.05) is 19.5 Å². The van der Waals surface area contributed by atoms with Crippen molar-refractivity contribution < 1.29 is 9.47 Å². The van der Waals surface area contributed by atoms with Crippen LogP contribution in [0, 0.1) is 11.3 Å². The third-order valence-corrected chi connectivity index (χ3v) is 3.76. The Hall–Kier alpha value is -1.57. The SMILES string of the molecule is CCOc1ccccc1CC(C)(C#N)N1CCOCC1. The summed E-state index contributed by atoms with van der Waals surface area (Å²) < 4.78 is 11.0. The minimum absolute atomic E-state index is 0.517. The van der Waals surface area contributed by atoms with E-state index in [0.29, 0.717) is 26.2 Å². The molecule has 0 radical (unpaired) electrons. The molecule has 1 heterocycles. The monoisotopic (exact) mass is 274 g/mol. The molecule has 1 aliphatic heterocycles. The third kappa shape index (κ3) is 3.30. The lowest BCUT2D eigenvalue weighted by atomic mass is 9.91. The van der Waals surface area contributed by atoms with E-state index in [-0.39, 0.29) is 0 Å². The smallest absolute Gasteiger partial charge is 0.122 e. The Morgan fingerprint density at radius 1 is 1.35 bits per heavy atom. The quantitative estimate of drug-likeness (QED) is 0.826. The predicted octanol–water partition coefficient (Wildman–Crippen LogP) is 2.24. The molecule has 0 spiro atoms. The number of morpholine rings is 1. The van der Waals surface area contributed by atoms with Gasteiger partial charge >= 0.3 is 0 Å². The van der Waals surface area contributed by atoms with Gasteiger partial charge in [-0.3, -0.25) is 4.90 Å². The molecule has 1 saturated heterocycles. The van der Waals surface area contributed by atoms with Gasteiger partial charge in [0.15, 0.2) is 0 Å². The number of para-hydroxylation sites is 1. The van der Waals surface area contributed by atoms with Crippen molar-refractivity contribution in [2.45, 2.75) is 25.8 Å². The molecule has 0 amide bonds. The van der Waals surface area contributed by atoms with Crippen LogP contribution in [0.15, 0.2) is 24.3 Å². The summed E-state index contributed by atoms with van der Waals surface area (Å²) >= 11 is 0. The Morgan fingerprint density at radius 2 is 2.05 bits per heavy atom. The number of nitriles is 1. The van der Waals surface area contributed by atoms with Crippen molar-refractivity contribution in [3.63, 3.8) is 0 Å². The van der Waals surface area contributed by atoms with Crippen LogP contribution in [0.25, 0.3) is 0 Å². The van der Waals surface area contributed by atoms with Crippen molar-refractivity contribution in [1.82, 2.24) is 4.90 Å². The Balaban J connectivity index is 2.19. The fourth-order valence-electron chi connectivity index (χ4n) is 2.60. The number of hydrogen-bond donors (Lipinski definition) is 0. The maximum atomic E-state index is 9.65. The summed E-state index contributed by atoms with van der Waals surface area (Å²) in [7, 11) is 0. The highest BCUT2D eigenvalue weighted by Gasteiger charge is 2.34. The molecule has 4 heteroatoms. The molecule has 1 unspecified atom stereocenters. The van der Waals surface area contributed by atoms with Gasteiger partial charge in [-0.25, -0.2) is 0 Å². The van der Waals surface area contributed by atoms with E-state index < -0.39 is 5.54 Å². The third-order valence-electron chi connectivity index (χ3n) is 3.76. The minimum atomic E-state index is -0.517. The summed E-state index contributed by atoms with van der Waals surface area (Å²) in [6, 6.07) is 10.5. The van der Waals surface area contributed by atoms with Gasteiger partial charge in [-0.1, -0.05) is 18.2 Å². The molecule has 4 nitrogen and oxygen atoms in total. The van der Waals surface area contributed by atoms with Crippen molar-refractivity contribution in [2.24, 2.45) is 0 Å². The maximum Gasteiger partial charge on any atom is 0.122 e. The van der Waals surface area contributed by atoms with Gasteiger partial charge in [0.2, 0.25) is 0 Å². The summed E-state index contributed by atoms with van der Waals surface area (Å²) in [4.78, 5) is 2.21. The lowest BCUT2D eigenvalue weighted by Crippen LogP contribution is -2.52. The number of rotatable bonds is 5. The molecule has 0 aliphatic carbocycles. The molecule has 0 aromatic heterocycles. The summed E-state index contributed by atoms with van der Waals surface area (Å²) in [6.07, 6.45) is 0.666. The summed E-state index contributed by atoms with van der Waals surface area (Å²) in [5, 5.41) is 9.65. The van der Waals surface area contributed by atoms with Crippen LogP contribution in [0.3, 0.4) is 0 Å². The number of benzene rings is 1. The Bertz CT molecular complexity index is 478. The second-order valence-corrected chi connectivity index (χ2v) is 5.20. The van der Waals surface area contributed by atoms with Crippen molar-refractivity contribution >= 4 is 0 Å². The van der Waals surface area contributed by atoms with Gasteiger partial charge < -0.3 is 9.47 Å². The molecule has 0 bridgehead atoms. The summed E-state index contributed by atoms with van der Waals surface area (Å²) in [5.74, 6) is 0.879. The largest absolute Gasteiger partial charge is 0.494 e. The maximum absolute atomic E-state index is 9.65. The molecular formula is C16H22N2O2. The van der Waals surface area contributed by atoms with Gasteiger partial charge in [-0.05, 0) is 25.5 Å². The van der Waals surface area contributed by atoms with Gasteiger partial charge in [-0.2, -0.15) is 5.26 Å². The van der Waals surface area contributed by atoms with E-state index in [0.717, 1.165) is 24.4 Å². The van der Waals surface area contributed by atoms with Crippen LogP contribution in [0.4, 0.5) is 0 Å². The molecule has 1 aromatic rings. The average molecular weight is 274 g/mol. The van der Waals surface area contributed by atoms with E-state index in [1.165, 1.54) is 0 Å². The molecule has 1 aromatic carbocycles. The molecular weight excluding hydrogens is 252 g/mol. The number of ether oxygens (including phenoxy) is 2.